The second-order valence-corrected chi connectivity index (χ2v) is 5.59. The molecule has 3 aromatic rings. The van der Waals surface area contributed by atoms with Crippen LogP contribution >= 0.6 is 0 Å². The Morgan fingerprint density at radius 2 is 1.50 bits per heavy atom. The molecule has 1 heterocycles. The fourth-order valence-electron chi connectivity index (χ4n) is 2.77. The number of methoxy groups -OCH3 is 1. The van der Waals surface area contributed by atoms with Gasteiger partial charge >= 0.3 is 0 Å². The number of ketones is 1. The zero-order valence-electron chi connectivity index (χ0n) is 13.6. The highest BCUT2D eigenvalue weighted by Gasteiger charge is 2.19. The number of hydrogen-bond acceptors (Lipinski definition) is 3. The summed E-state index contributed by atoms with van der Waals surface area (Å²) in [6.07, 6.45) is 1.98. The second-order valence-electron chi connectivity index (χ2n) is 5.59. The summed E-state index contributed by atoms with van der Waals surface area (Å²) in [6, 6.07) is 23.7. The van der Waals surface area contributed by atoms with E-state index in [0.717, 1.165) is 11.1 Å². The molecule has 0 N–H and O–H groups in total. The molecule has 0 amide bonds. The molecule has 120 valence electrons. The molecule has 0 saturated carbocycles. The Morgan fingerprint density at radius 3 is 1.96 bits per heavy atom. The zero-order chi connectivity index (χ0) is 16.8. The summed E-state index contributed by atoms with van der Waals surface area (Å²) in [4.78, 5) is 16.8. The van der Waals surface area contributed by atoms with E-state index >= 15 is 0 Å². The van der Waals surface area contributed by atoms with Gasteiger partial charge in [-0.2, -0.15) is 0 Å². The lowest BCUT2D eigenvalue weighted by molar-refractivity contribution is 0.0977. The Hall–Kier alpha value is -2.94. The van der Waals surface area contributed by atoms with E-state index in [0.29, 0.717) is 17.9 Å². The van der Waals surface area contributed by atoms with Gasteiger partial charge in [-0.3, -0.25) is 4.79 Å². The fourth-order valence-corrected chi connectivity index (χ4v) is 2.77. The van der Waals surface area contributed by atoms with Gasteiger partial charge in [0.1, 0.15) is 0 Å². The maximum Gasteiger partial charge on any atom is 0.212 e. The molecule has 3 nitrogen and oxygen atoms in total. The molecule has 0 aliphatic carbocycles. The van der Waals surface area contributed by atoms with E-state index in [9.17, 15) is 4.79 Å². The molecule has 0 spiro atoms. The van der Waals surface area contributed by atoms with Gasteiger partial charge in [-0.25, -0.2) is 4.98 Å². The Kier molecular flexibility index (Phi) is 5.02. The molecular formula is C21H19NO2. The van der Waals surface area contributed by atoms with Crippen molar-refractivity contribution in [2.45, 2.75) is 12.3 Å². The van der Waals surface area contributed by atoms with Crippen LogP contribution in [0.5, 0.6) is 5.88 Å². The Labute approximate surface area is 142 Å². The first-order chi connectivity index (χ1) is 11.8. The summed E-state index contributed by atoms with van der Waals surface area (Å²) in [5.41, 5.74) is 2.88. The van der Waals surface area contributed by atoms with Crippen LogP contribution in [0.1, 0.15) is 33.8 Å². The Bertz CT molecular complexity index is 744. The van der Waals surface area contributed by atoms with E-state index in [1.807, 2.05) is 36.4 Å². The molecule has 0 unspecified atom stereocenters. The van der Waals surface area contributed by atoms with E-state index in [-0.39, 0.29) is 11.7 Å². The fraction of sp³-hybridized carbons (Fsp3) is 0.143. The molecule has 0 radical (unpaired) electrons. The van der Waals surface area contributed by atoms with Gasteiger partial charge < -0.3 is 4.74 Å². The molecule has 0 fully saturated rings. The lowest BCUT2D eigenvalue weighted by Crippen LogP contribution is -2.09. The van der Waals surface area contributed by atoms with Crippen molar-refractivity contribution in [3.05, 3.63) is 95.7 Å². The molecule has 24 heavy (non-hydrogen) atoms. The quantitative estimate of drug-likeness (QED) is 0.629. The average Bonchev–Trinajstić information content (AvgIpc) is 2.67. The summed E-state index contributed by atoms with van der Waals surface area (Å²) in [7, 11) is 1.56. The average molecular weight is 317 g/mol. The van der Waals surface area contributed by atoms with Crippen LogP contribution in [0.25, 0.3) is 0 Å². The first kappa shape index (κ1) is 15.9. The van der Waals surface area contributed by atoms with Gasteiger partial charge in [0.15, 0.2) is 5.78 Å². The van der Waals surface area contributed by atoms with Crippen molar-refractivity contribution in [2.24, 2.45) is 0 Å². The molecule has 1 aromatic heterocycles. The smallest absolute Gasteiger partial charge is 0.212 e. The van der Waals surface area contributed by atoms with E-state index in [1.54, 1.807) is 25.4 Å². The second kappa shape index (κ2) is 7.55. The van der Waals surface area contributed by atoms with Crippen molar-refractivity contribution in [2.75, 3.05) is 7.11 Å². The van der Waals surface area contributed by atoms with Crippen molar-refractivity contribution < 1.29 is 9.53 Å². The summed E-state index contributed by atoms with van der Waals surface area (Å²) >= 11 is 0. The third-order valence-electron chi connectivity index (χ3n) is 4.06. The number of Topliss-reactive ketones (excluding diaryl/α,β-unsaturated/α-hetero) is 1. The molecule has 0 atom stereocenters. The summed E-state index contributed by atoms with van der Waals surface area (Å²) in [6.45, 7) is 0. The van der Waals surface area contributed by atoms with Gasteiger partial charge in [-0.05, 0) is 17.2 Å². The molecule has 3 heteroatoms. The van der Waals surface area contributed by atoms with Crippen molar-refractivity contribution in [3.8, 4) is 5.88 Å². The topological polar surface area (TPSA) is 39.2 Å². The molecule has 0 saturated heterocycles. The minimum Gasteiger partial charge on any atom is -0.481 e. The van der Waals surface area contributed by atoms with Crippen molar-refractivity contribution in [3.63, 3.8) is 0 Å². The van der Waals surface area contributed by atoms with Crippen LogP contribution in [0.3, 0.4) is 0 Å². The van der Waals surface area contributed by atoms with Crippen LogP contribution in [0.15, 0.2) is 79.0 Å². The van der Waals surface area contributed by atoms with Crippen LogP contribution in [0.2, 0.25) is 0 Å². The van der Waals surface area contributed by atoms with Crippen molar-refractivity contribution in [1.82, 2.24) is 4.98 Å². The van der Waals surface area contributed by atoms with Crippen LogP contribution in [0.4, 0.5) is 0 Å². The number of carbonyl (C=O) groups is 1. The first-order valence-electron chi connectivity index (χ1n) is 7.91. The van der Waals surface area contributed by atoms with Gasteiger partial charge in [0, 0.05) is 30.2 Å². The molecule has 3 rings (SSSR count). The van der Waals surface area contributed by atoms with Gasteiger partial charge in [0.2, 0.25) is 5.88 Å². The molecule has 0 bridgehead atoms. The van der Waals surface area contributed by atoms with Crippen LogP contribution in [0, 0.1) is 0 Å². The number of benzene rings is 2. The molecule has 2 aromatic carbocycles. The first-order valence-corrected chi connectivity index (χ1v) is 7.91. The van der Waals surface area contributed by atoms with E-state index in [4.69, 9.17) is 4.74 Å². The zero-order valence-corrected chi connectivity index (χ0v) is 13.6. The molecule has 0 aliphatic heterocycles. The SMILES string of the molecule is COc1ccc(C(=O)CC(c2ccccc2)c2ccccc2)cn1. The maximum atomic E-state index is 12.7. The van der Waals surface area contributed by atoms with Gasteiger partial charge in [-0.15, -0.1) is 0 Å². The lowest BCUT2D eigenvalue weighted by Gasteiger charge is -2.17. The highest BCUT2D eigenvalue weighted by molar-refractivity contribution is 5.96. The highest BCUT2D eigenvalue weighted by Crippen LogP contribution is 2.29. The molecular weight excluding hydrogens is 298 g/mol. The number of aromatic nitrogens is 1. The largest absolute Gasteiger partial charge is 0.481 e. The highest BCUT2D eigenvalue weighted by atomic mass is 16.5. The predicted octanol–water partition coefficient (Wildman–Crippen LogP) is 4.50. The van der Waals surface area contributed by atoms with Gasteiger partial charge in [0.05, 0.1) is 7.11 Å². The number of nitrogens with zero attached hydrogens (tertiary/aromatic N) is 1. The van der Waals surface area contributed by atoms with Gasteiger partial charge in [0.25, 0.3) is 0 Å². The number of carbonyl (C=O) groups excluding carboxylic acids is 1. The number of hydrogen-bond donors (Lipinski definition) is 0. The third kappa shape index (κ3) is 3.69. The standard InChI is InChI=1S/C21H19NO2/c1-24-21-13-12-18(15-22-21)20(23)14-19(16-8-4-2-5-9-16)17-10-6-3-7-11-17/h2-13,15,19H,14H2,1H3. The summed E-state index contributed by atoms with van der Waals surface area (Å²) in [5.74, 6) is 0.610. The van der Waals surface area contributed by atoms with E-state index < -0.39 is 0 Å². The van der Waals surface area contributed by atoms with Crippen LogP contribution < -0.4 is 4.74 Å². The summed E-state index contributed by atoms with van der Waals surface area (Å²) < 4.78 is 5.05. The monoisotopic (exact) mass is 317 g/mol. The van der Waals surface area contributed by atoms with Crippen molar-refractivity contribution >= 4 is 5.78 Å². The third-order valence-corrected chi connectivity index (χ3v) is 4.06. The van der Waals surface area contributed by atoms with Crippen LogP contribution in [-0.4, -0.2) is 17.9 Å². The van der Waals surface area contributed by atoms with Gasteiger partial charge in [-0.1, -0.05) is 60.7 Å². The normalized spacial score (nSPS) is 10.6. The maximum absolute atomic E-state index is 12.7. The van der Waals surface area contributed by atoms with Crippen LogP contribution in [-0.2, 0) is 0 Å². The lowest BCUT2D eigenvalue weighted by atomic mass is 9.86. The number of pyridine rings is 1. The number of ether oxygens (including phenoxy) is 1. The Balaban J connectivity index is 1.87. The molecule has 0 aliphatic rings. The number of rotatable bonds is 6. The predicted molar refractivity (Wildman–Crippen MR) is 94.5 cm³/mol. The van der Waals surface area contributed by atoms with Crippen molar-refractivity contribution in [1.29, 1.82) is 0 Å². The minimum absolute atomic E-state index is 0.0296. The summed E-state index contributed by atoms with van der Waals surface area (Å²) in [5, 5.41) is 0. The van der Waals surface area contributed by atoms with E-state index in [2.05, 4.69) is 29.2 Å². The minimum atomic E-state index is 0.0296. The van der Waals surface area contributed by atoms with E-state index in [1.165, 1.54) is 0 Å². The Morgan fingerprint density at radius 1 is 0.917 bits per heavy atom.